The Balaban J connectivity index is 2.18. The van der Waals surface area contributed by atoms with Crippen molar-refractivity contribution in [3.05, 3.63) is 24.3 Å². The number of carbonyl (C=O) groups is 1. The van der Waals surface area contributed by atoms with Gasteiger partial charge >= 0.3 is 0 Å². The molecular weight excluding hydrogens is 455 g/mol. The number of hydrogen-bond donors (Lipinski definition) is 2. The van der Waals surface area contributed by atoms with E-state index >= 15 is 0 Å². The number of hydrogen-bond acceptors (Lipinski definition) is 3. The van der Waals surface area contributed by atoms with Crippen LogP contribution >= 0.6 is 34.8 Å². The third kappa shape index (κ3) is 14.0. The Labute approximate surface area is 203 Å². The van der Waals surface area contributed by atoms with E-state index in [0.29, 0.717) is 6.42 Å². The van der Waals surface area contributed by atoms with Crippen molar-refractivity contribution < 1.29 is 9.53 Å². The molecule has 1 amide bonds. The number of benzene rings is 1. The molecule has 0 aromatic heterocycles. The first-order chi connectivity index (χ1) is 14.9. The number of rotatable bonds is 17. The quantitative estimate of drug-likeness (QED) is 0.131. The van der Waals surface area contributed by atoms with E-state index in [1.807, 2.05) is 0 Å². The fourth-order valence-corrected chi connectivity index (χ4v) is 3.74. The van der Waals surface area contributed by atoms with Crippen LogP contribution in [0.1, 0.15) is 90.4 Å². The summed E-state index contributed by atoms with van der Waals surface area (Å²) in [5.74, 6) is 0.608. The van der Waals surface area contributed by atoms with Crippen molar-refractivity contribution >= 4 is 46.4 Å². The highest BCUT2D eigenvalue weighted by Crippen LogP contribution is 2.31. The number of ether oxygens (including phenoxy) is 1. The predicted octanol–water partition coefficient (Wildman–Crippen LogP) is 8.01. The number of methoxy groups -OCH3 is 1. The van der Waals surface area contributed by atoms with E-state index < -0.39 is 9.96 Å². The van der Waals surface area contributed by atoms with Crippen molar-refractivity contribution in [1.29, 1.82) is 0 Å². The van der Waals surface area contributed by atoms with Crippen molar-refractivity contribution in [1.82, 2.24) is 5.32 Å². The lowest BCUT2D eigenvalue weighted by atomic mass is 10.0. The first-order valence-electron chi connectivity index (χ1n) is 11.6. The SMILES string of the molecule is CCCCCCCCCCCCCCC(=O)N[C@@H](Nc1ccc(OC)cc1)C(Cl)(Cl)Cl. The van der Waals surface area contributed by atoms with Gasteiger partial charge in [0.2, 0.25) is 9.70 Å². The molecule has 0 aliphatic rings. The molecule has 1 aromatic carbocycles. The van der Waals surface area contributed by atoms with Gasteiger partial charge in [0.15, 0.2) is 0 Å². The Morgan fingerprint density at radius 3 is 1.81 bits per heavy atom. The van der Waals surface area contributed by atoms with Gasteiger partial charge in [0, 0.05) is 12.1 Å². The van der Waals surface area contributed by atoms with Gasteiger partial charge in [0.25, 0.3) is 0 Å². The minimum atomic E-state index is -1.67. The maximum Gasteiger partial charge on any atom is 0.228 e. The van der Waals surface area contributed by atoms with E-state index in [1.54, 1.807) is 31.4 Å². The molecule has 0 heterocycles. The van der Waals surface area contributed by atoms with Gasteiger partial charge < -0.3 is 15.4 Å². The van der Waals surface area contributed by atoms with Crippen LogP contribution < -0.4 is 15.4 Å². The number of amides is 1. The van der Waals surface area contributed by atoms with Gasteiger partial charge in [-0.15, -0.1) is 0 Å². The second-order valence-corrected chi connectivity index (χ2v) is 10.4. The standard InChI is InChI=1S/C24H39Cl3N2O2/c1-3-4-5-6-7-8-9-10-11-12-13-14-15-22(30)29-23(24(25,26)27)28-20-16-18-21(31-2)19-17-20/h16-19,23,28H,3-15H2,1-2H3,(H,29,30)/t23-/m1/s1. The van der Waals surface area contributed by atoms with Crippen LogP contribution in [0.25, 0.3) is 0 Å². The smallest absolute Gasteiger partial charge is 0.228 e. The van der Waals surface area contributed by atoms with E-state index in [0.717, 1.165) is 24.3 Å². The largest absolute Gasteiger partial charge is 0.497 e. The molecule has 0 spiro atoms. The summed E-state index contributed by atoms with van der Waals surface area (Å²) in [6.45, 7) is 2.25. The molecule has 4 nitrogen and oxygen atoms in total. The molecule has 7 heteroatoms. The molecule has 31 heavy (non-hydrogen) atoms. The topological polar surface area (TPSA) is 50.4 Å². The fourth-order valence-electron chi connectivity index (χ4n) is 3.41. The van der Waals surface area contributed by atoms with Gasteiger partial charge in [-0.25, -0.2) is 0 Å². The van der Waals surface area contributed by atoms with E-state index in [-0.39, 0.29) is 5.91 Å². The van der Waals surface area contributed by atoms with Gasteiger partial charge in [-0.2, -0.15) is 0 Å². The Hall–Kier alpha value is -0.840. The average Bonchev–Trinajstić information content (AvgIpc) is 2.74. The lowest BCUT2D eigenvalue weighted by molar-refractivity contribution is -0.121. The maximum absolute atomic E-state index is 12.3. The molecule has 0 unspecified atom stereocenters. The highest BCUT2D eigenvalue weighted by Gasteiger charge is 2.33. The number of alkyl halides is 3. The van der Waals surface area contributed by atoms with Crippen LogP contribution in [0.2, 0.25) is 0 Å². The van der Waals surface area contributed by atoms with E-state index in [1.165, 1.54) is 64.2 Å². The number of carbonyl (C=O) groups excluding carboxylic acids is 1. The summed E-state index contributed by atoms with van der Waals surface area (Å²) in [5.41, 5.74) is 0.725. The molecule has 0 aliphatic carbocycles. The minimum Gasteiger partial charge on any atom is -0.497 e. The van der Waals surface area contributed by atoms with E-state index in [2.05, 4.69) is 17.6 Å². The molecule has 1 aromatic rings. The van der Waals surface area contributed by atoms with Crippen molar-refractivity contribution in [3.8, 4) is 5.75 Å². The van der Waals surface area contributed by atoms with E-state index in [9.17, 15) is 4.79 Å². The maximum atomic E-state index is 12.3. The average molecular weight is 494 g/mol. The molecule has 0 saturated heterocycles. The molecule has 0 fully saturated rings. The van der Waals surface area contributed by atoms with Crippen molar-refractivity contribution in [3.63, 3.8) is 0 Å². The van der Waals surface area contributed by atoms with Crippen LogP contribution in [0.15, 0.2) is 24.3 Å². The molecule has 0 saturated carbocycles. The zero-order valence-electron chi connectivity index (χ0n) is 19.0. The predicted molar refractivity (Wildman–Crippen MR) is 135 cm³/mol. The van der Waals surface area contributed by atoms with Gasteiger partial charge in [-0.3, -0.25) is 4.79 Å². The zero-order valence-corrected chi connectivity index (χ0v) is 21.3. The summed E-state index contributed by atoms with van der Waals surface area (Å²) < 4.78 is 3.47. The van der Waals surface area contributed by atoms with Crippen LogP contribution in [0.4, 0.5) is 5.69 Å². The zero-order chi connectivity index (χ0) is 23.0. The number of nitrogens with one attached hydrogen (secondary N) is 2. The minimum absolute atomic E-state index is 0.121. The third-order valence-electron chi connectivity index (χ3n) is 5.29. The van der Waals surface area contributed by atoms with Gasteiger partial charge in [-0.1, -0.05) is 112 Å². The summed E-state index contributed by atoms with van der Waals surface area (Å²) in [6.07, 6.45) is 14.7. The molecule has 0 bridgehead atoms. The van der Waals surface area contributed by atoms with Crippen LogP contribution in [0.3, 0.4) is 0 Å². The molecule has 1 rings (SSSR count). The van der Waals surface area contributed by atoms with Gasteiger partial charge in [0.05, 0.1) is 7.11 Å². The monoisotopic (exact) mass is 492 g/mol. The first-order valence-corrected chi connectivity index (χ1v) is 12.8. The molecule has 2 N–H and O–H groups in total. The second kappa shape index (κ2) is 16.7. The Morgan fingerprint density at radius 1 is 0.871 bits per heavy atom. The molecule has 0 radical (unpaired) electrons. The van der Waals surface area contributed by atoms with Crippen molar-refractivity contribution in [2.45, 2.75) is 100 Å². The van der Waals surface area contributed by atoms with Crippen molar-refractivity contribution in [2.24, 2.45) is 0 Å². The lowest BCUT2D eigenvalue weighted by Gasteiger charge is -2.27. The van der Waals surface area contributed by atoms with Crippen LogP contribution in [-0.2, 0) is 4.79 Å². The molecule has 178 valence electrons. The fraction of sp³-hybridized carbons (Fsp3) is 0.708. The second-order valence-electron chi connectivity index (χ2n) is 8.05. The first kappa shape index (κ1) is 28.2. The summed E-state index contributed by atoms with van der Waals surface area (Å²) in [5, 5.41) is 5.86. The van der Waals surface area contributed by atoms with Crippen LogP contribution in [0, 0.1) is 0 Å². The van der Waals surface area contributed by atoms with Crippen LogP contribution in [0.5, 0.6) is 5.75 Å². The van der Waals surface area contributed by atoms with Gasteiger partial charge in [0.1, 0.15) is 11.9 Å². The lowest BCUT2D eigenvalue weighted by Crippen LogP contribution is -2.49. The van der Waals surface area contributed by atoms with E-state index in [4.69, 9.17) is 39.5 Å². The third-order valence-corrected chi connectivity index (χ3v) is 5.95. The summed E-state index contributed by atoms with van der Waals surface area (Å²) >= 11 is 18.2. The van der Waals surface area contributed by atoms with Crippen molar-refractivity contribution in [2.75, 3.05) is 12.4 Å². The Morgan fingerprint density at radius 2 is 1.35 bits per heavy atom. The van der Waals surface area contributed by atoms with Crippen LogP contribution in [-0.4, -0.2) is 23.0 Å². The Kier molecular flexibility index (Phi) is 15.2. The summed E-state index contributed by atoms with van der Waals surface area (Å²) in [6, 6.07) is 7.21. The number of unbranched alkanes of at least 4 members (excludes halogenated alkanes) is 11. The molecule has 0 aliphatic heterocycles. The van der Waals surface area contributed by atoms with Gasteiger partial charge in [-0.05, 0) is 30.7 Å². The summed E-state index contributed by atoms with van der Waals surface area (Å²) in [4.78, 5) is 12.3. The Bertz CT molecular complexity index is 591. The summed E-state index contributed by atoms with van der Waals surface area (Å²) in [7, 11) is 1.60. The highest BCUT2D eigenvalue weighted by molar-refractivity contribution is 6.68. The molecular formula is C24H39Cl3N2O2. The number of halogens is 3. The highest BCUT2D eigenvalue weighted by atomic mass is 35.6. The molecule has 1 atom stereocenters. The normalized spacial score (nSPS) is 12.4. The number of anilines is 1.